The molecule has 9 nitrogen and oxygen atoms in total. The van der Waals surface area contributed by atoms with Crippen molar-refractivity contribution in [3.8, 4) is 22.5 Å². The quantitative estimate of drug-likeness (QED) is 0.343. The Morgan fingerprint density at radius 3 is 2.61 bits per heavy atom. The van der Waals surface area contributed by atoms with E-state index < -0.39 is 11.9 Å². The molecule has 1 saturated heterocycles. The van der Waals surface area contributed by atoms with Crippen molar-refractivity contribution >= 4 is 17.4 Å². The summed E-state index contributed by atoms with van der Waals surface area (Å²) in [6.07, 6.45) is 4.53. The maximum Gasteiger partial charge on any atom is 0.257 e. The lowest BCUT2D eigenvalue weighted by atomic mass is 9.90. The molecule has 6 rings (SSSR count). The Labute approximate surface area is 216 Å². The number of hydrogen-bond donors (Lipinski definition) is 1. The number of pyridine rings is 1. The summed E-state index contributed by atoms with van der Waals surface area (Å²) in [6, 6.07) is 12.4. The van der Waals surface area contributed by atoms with Gasteiger partial charge in [0, 0.05) is 49.6 Å². The van der Waals surface area contributed by atoms with Crippen LogP contribution < -0.4 is 5.32 Å². The number of halogens is 2. The number of anilines is 1. The van der Waals surface area contributed by atoms with Crippen LogP contribution in [-0.2, 0) is 11.8 Å². The van der Waals surface area contributed by atoms with Gasteiger partial charge in [-0.3, -0.25) is 9.48 Å². The molecule has 0 spiro atoms. The minimum atomic E-state index is -0.743. The number of ether oxygens (including phenoxy) is 1. The topological polar surface area (TPSA) is 99.2 Å². The molecule has 0 saturated carbocycles. The van der Waals surface area contributed by atoms with Crippen LogP contribution in [0.4, 0.5) is 14.6 Å². The average molecular weight is 516 g/mol. The number of carbonyl (C=O) groups is 1. The van der Waals surface area contributed by atoms with Crippen LogP contribution in [0.25, 0.3) is 28.2 Å². The molecule has 11 heteroatoms. The molecule has 1 amide bonds. The lowest BCUT2D eigenvalue weighted by molar-refractivity contribution is 0.0838. The minimum Gasteiger partial charge on any atom is -0.381 e. The molecule has 1 N–H and O–H groups in total. The molecule has 1 fully saturated rings. The van der Waals surface area contributed by atoms with Crippen LogP contribution in [-0.4, -0.2) is 48.5 Å². The Morgan fingerprint density at radius 1 is 1.05 bits per heavy atom. The predicted molar refractivity (Wildman–Crippen MR) is 136 cm³/mol. The Morgan fingerprint density at radius 2 is 1.84 bits per heavy atom. The van der Waals surface area contributed by atoms with Crippen molar-refractivity contribution in [2.24, 2.45) is 7.05 Å². The summed E-state index contributed by atoms with van der Waals surface area (Å²) in [5, 5.41) is 12.3. The van der Waals surface area contributed by atoms with E-state index in [1.54, 1.807) is 28.9 Å². The van der Waals surface area contributed by atoms with Crippen molar-refractivity contribution in [3.05, 3.63) is 83.9 Å². The highest BCUT2D eigenvalue weighted by molar-refractivity contribution is 6.03. The summed E-state index contributed by atoms with van der Waals surface area (Å²) in [4.78, 5) is 20.4. The summed E-state index contributed by atoms with van der Waals surface area (Å²) in [5.74, 6) is -1.08. The highest BCUT2D eigenvalue weighted by atomic mass is 19.1. The molecule has 38 heavy (non-hydrogen) atoms. The molecule has 1 aliphatic heterocycles. The number of carbonyl (C=O) groups excluding carboxylic acids is 1. The summed E-state index contributed by atoms with van der Waals surface area (Å²) in [5.41, 5.74) is 4.69. The number of amides is 1. The van der Waals surface area contributed by atoms with Crippen molar-refractivity contribution in [1.29, 1.82) is 0 Å². The molecule has 192 valence electrons. The Balaban J connectivity index is 1.41. The lowest BCUT2D eigenvalue weighted by Crippen LogP contribution is -2.17. The third-order valence-electron chi connectivity index (χ3n) is 6.62. The first-order chi connectivity index (χ1) is 18.5. The van der Waals surface area contributed by atoms with Crippen molar-refractivity contribution in [1.82, 2.24) is 29.4 Å². The number of imidazole rings is 1. The molecule has 4 aromatic heterocycles. The SMILES string of the molecule is Cn1nc(-c2ccc(F)cc2)c(-c2ccc3nc(NC(=O)c4ccnc(F)c4)cn3n2)c1C1CCOCC1. The van der Waals surface area contributed by atoms with E-state index in [1.807, 2.05) is 17.8 Å². The monoisotopic (exact) mass is 515 g/mol. The van der Waals surface area contributed by atoms with E-state index in [-0.39, 0.29) is 23.1 Å². The van der Waals surface area contributed by atoms with Gasteiger partial charge in [0.2, 0.25) is 5.95 Å². The molecular weight excluding hydrogens is 492 g/mol. The number of nitrogens with zero attached hydrogens (tertiary/aromatic N) is 6. The summed E-state index contributed by atoms with van der Waals surface area (Å²) in [7, 11) is 1.91. The number of fused-ring (bicyclic) bond motifs is 1. The van der Waals surface area contributed by atoms with Gasteiger partial charge in [-0.1, -0.05) is 0 Å². The van der Waals surface area contributed by atoms with Crippen LogP contribution in [0.1, 0.15) is 34.8 Å². The summed E-state index contributed by atoms with van der Waals surface area (Å²) in [6.45, 7) is 1.33. The molecule has 0 aliphatic carbocycles. The summed E-state index contributed by atoms with van der Waals surface area (Å²) >= 11 is 0. The van der Waals surface area contributed by atoms with Crippen LogP contribution in [0, 0.1) is 11.8 Å². The molecule has 1 aromatic carbocycles. The Kier molecular flexibility index (Phi) is 6.12. The zero-order valence-electron chi connectivity index (χ0n) is 20.4. The Hall–Kier alpha value is -4.51. The van der Waals surface area contributed by atoms with Crippen molar-refractivity contribution in [2.75, 3.05) is 18.5 Å². The van der Waals surface area contributed by atoms with E-state index >= 15 is 0 Å². The standard InChI is InChI=1S/C27H23F2N7O2/c1-35-26(17-9-12-38-13-10-17)24(25(34-35)16-2-4-19(28)5-3-16)20-6-7-23-31-22(15-36(23)33-20)32-27(37)18-8-11-30-21(29)14-18/h2-8,11,14-15,17H,9-10,12-13H2,1H3,(H,32,37). The first kappa shape index (κ1) is 23.9. The zero-order valence-corrected chi connectivity index (χ0v) is 20.4. The van der Waals surface area contributed by atoms with Gasteiger partial charge in [0.1, 0.15) is 11.5 Å². The molecule has 0 bridgehead atoms. The molecule has 0 atom stereocenters. The van der Waals surface area contributed by atoms with Gasteiger partial charge >= 0.3 is 0 Å². The molecule has 5 heterocycles. The third-order valence-corrected chi connectivity index (χ3v) is 6.62. The lowest BCUT2D eigenvalue weighted by Gasteiger charge is -2.23. The van der Waals surface area contributed by atoms with Gasteiger partial charge < -0.3 is 10.1 Å². The number of benzene rings is 1. The smallest absolute Gasteiger partial charge is 0.257 e. The van der Waals surface area contributed by atoms with Crippen LogP contribution in [0.15, 0.2) is 60.9 Å². The van der Waals surface area contributed by atoms with Crippen molar-refractivity contribution < 1.29 is 18.3 Å². The maximum atomic E-state index is 13.7. The largest absolute Gasteiger partial charge is 0.381 e. The number of aromatic nitrogens is 6. The number of nitrogens with one attached hydrogen (secondary N) is 1. The van der Waals surface area contributed by atoms with Gasteiger partial charge in [-0.25, -0.2) is 18.9 Å². The summed E-state index contributed by atoms with van der Waals surface area (Å²) < 4.78 is 36.2. The number of aryl methyl sites for hydroxylation is 1. The Bertz CT molecular complexity index is 1640. The molecular formula is C27H23F2N7O2. The molecule has 0 radical (unpaired) electrons. The van der Waals surface area contributed by atoms with E-state index in [0.717, 1.165) is 35.7 Å². The van der Waals surface area contributed by atoms with Gasteiger partial charge in [0.15, 0.2) is 11.5 Å². The second-order valence-corrected chi connectivity index (χ2v) is 9.09. The van der Waals surface area contributed by atoms with Crippen LogP contribution >= 0.6 is 0 Å². The van der Waals surface area contributed by atoms with E-state index in [4.69, 9.17) is 14.9 Å². The second kappa shape index (κ2) is 9.75. The minimum absolute atomic E-state index is 0.128. The van der Waals surface area contributed by atoms with Crippen LogP contribution in [0.5, 0.6) is 0 Å². The first-order valence-corrected chi connectivity index (χ1v) is 12.2. The zero-order chi connectivity index (χ0) is 26.2. The molecule has 1 aliphatic rings. The van der Waals surface area contributed by atoms with Gasteiger partial charge in [-0.2, -0.15) is 14.6 Å². The van der Waals surface area contributed by atoms with Gasteiger partial charge in [-0.15, -0.1) is 0 Å². The fourth-order valence-corrected chi connectivity index (χ4v) is 4.85. The van der Waals surface area contributed by atoms with Crippen molar-refractivity contribution in [2.45, 2.75) is 18.8 Å². The first-order valence-electron chi connectivity index (χ1n) is 12.2. The van der Waals surface area contributed by atoms with Crippen LogP contribution in [0.2, 0.25) is 0 Å². The average Bonchev–Trinajstić information content (AvgIpc) is 3.49. The number of hydrogen-bond acceptors (Lipinski definition) is 6. The normalized spacial score (nSPS) is 14.2. The molecule has 0 unspecified atom stereocenters. The third kappa shape index (κ3) is 4.52. The van der Waals surface area contributed by atoms with Gasteiger partial charge in [0.05, 0.1) is 23.1 Å². The van der Waals surface area contributed by atoms with Gasteiger partial charge in [0.25, 0.3) is 5.91 Å². The highest BCUT2D eigenvalue weighted by Crippen LogP contribution is 2.40. The van der Waals surface area contributed by atoms with Crippen LogP contribution in [0.3, 0.4) is 0 Å². The second-order valence-electron chi connectivity index (χ2n) is 9.09. The van der Waals surface area contributed by atoms with E-state index in [0.29, 0.717) is 30.2 Å². The van der Waals surface area contributed by atoms with E-state index in [2.05, 4.69) is 15.3 Å². The number of rotatable bonds is 5. The van der Waals surface area contributed by atoms with Gasteiger partial charge in [-0.05, 0) is 55.3 Å². The van der Waals surface area contributed by atoms with E-state index in [9.17, 15) is 13.6 Å². The predicted octanol–water partition coefficient (Wildman–Crippen LogP) is 4.62. The van der Waals surface area contributed by atoms with E-state index in [1.165, 1.54) is 24.4 Å². The fourth-order valence-electron chi connectivity index (χ4n) is 4.85. The molecule has 5 aromatic rings. The maximum absolute atomic E-state index is 13.7. The fraction of sp³-hybridized carbons (Fsp3) is 0.222. The highest BCUT2D eigenvalue weighted by Gasteiger charge is 2.28. The van der Waals surface area contributed by atoms with Crippen molar-refractivity contribution in [3.63, 3.8) is 0 Å².